The van der Waals surface area contributed by atoms with Crippen LogP contribution in [0.25, 0.3) is 0 Å². The van der Waals surface area contributed by atoms with Gasteiger partial charge in [-0.05, 0) is 26.0 Å². The Kier molecular flexibility index (Phi) is 4.16. The average Bonchev–Trinajstić information content (AvgIpc) is 2.41. The van der Waals surface area contributed by atoms with Gasteiger partial charge in [0.2, 0.25) is 5.95 Å². The number of anilines is 1. The molecule has 0 bridgehead atoms. The molecule has 2 aromatic rings. The van der Waals surface area contributed by atoms with Gasteiger partial charge in [0.25, 0.3) is 0 Å². The van der Waals surface area contributed by atoms with Crippen LogP contribution in [0.5, 0.6) is 5.75 Å². The van der Waals surface area contributed by atoms with Gasteiger partial charge in [0.05, 0.1) is 18.5 Å². The summed E-state index contributed by atoms with van der Waals surface area (Å²) in [6.45, 7) is 4.24. The van der Waals surface area contributed by atoms with Gasteiger partial charge in [0.1, 0.15) is 5.75 Å². The molecule has 0 aliphatic heterocycles. The van der Waals surface area contributed by atoms with E-state index in [9.17, 15) is 0 Å². The molecule has 19 heavy (non-hydrogen) atoms. The molecule has 1 aromatic carbocycles. The summed E-state index contributed by atoms with van der Waals surface area (Å²) < 4.78 is 5.28. The number of aromatic nitrogens is 3. The third kappa shape index (κ3) is 3.12. The van der Waals surface area contributed by atoms with Gasteiger partial charge in [0.15, 0.2) is 0 Å². The van der Waals surface area contributed by atoms with Crippen molar-refractivity contribution in [3.8, 4) is 5.75 Å². The first-order chi connectivity index (χ1) is 9.11. The second-order valence-electron chi connectivity index (χ2n) is 4.08. The zero-order chi connectivity index (χ0) is 13.8. The Morgan fingerprint density at radius 2 is 2.00 bits per heavy atom. The second-order valence-corrected chi connectivity index (χ2v) is 4.49. The molecule has 1 heterocycles. The van der Waals surface area contributed by atoms with Gasteiger partial charge in [-0.3, -0.25) is 0 Å². The van der Waals surface area contributed by atoms with Gasteiger partial charge in [-0.15, -0.1) is 5.10 Å². The molecule has 6 heteroatoms. The third-order valence-corrected chi connectivity index (χ3v) is 3.17. The Morgan fingerprint density at radius 1 is 1.21 bits per heavy atom. The Bertz CT molecular complexity index is 589. The van der Waals surface area contributed by atoms with Gasteiger partial charge in [-0.1, -0.05) is 17.7 Å². The van der Waals surface area contributed by atoms with Crippen LogP contribution in [0.4, 0.5) is 5.95 Å². The molecular weight excluding hydrogens is 264 g/mol. The minimum absolute atomic E-state index is 0.477. The molecule has 5 nitrogen and oxygen atoms in total. The summed E-state index contributed by atoms with van der Waals surface area (Å²) in [6, 6.07) is 5.53. The van der Waals surface area contributed by atoms with Crippen molar-refractivity contribution in [2.24, 2.45) is 0 Å². The van der Waals surface area contributed by atoms with Crippen LogP contribution in [0.15, 0.2) is 18.2 Å². The van der Waals surface area contributed by atoms with Crippen molar-refractivity contribution in [1.82, 2.24) is 15.2 Å². The highest BCUT2D eigenvalue weighted by atomic mass is 35.5. The lowest BCUT2D eigenvalue weighted by atomic mass is 10.2. The molecule has 0 spiro atoms. The van der Waals surface area contributed by atoms with Crippen molar-refractivity contribution >= 4 is 17.5 Å². The lowest BCUT2D eigenvalue weighted by Gasteiger charge is -2.11. The van der Waals surface area contributed by atoms with Gasteiger partial charge in [-0.25, -0.2) is 4.98 Å². The van der Waals surface area contributed by atoms with E-state index < -0.39 is 0 Å². The number of hydrogen-bond acceptors (Lipinski definition) is 5. The summed E-state index contributed by atoms with van der Waals surface area (Å²) in [4.78, 5) is 4.30. The Labute approximate surface area is 117 Å². The van der Waals surface area contributed by atoms with Crippen LogP contribution in [0.1, 0.15) is 17.0 Å². The van der Waals surface area contributed by atoms with E-state index in [1.165, 1.54) is 0 Å². The molecule has 0 saturated carbocycles. The summed E-state index contributed by atoms with van der Waals surface area (Å²) in [5.41, 5.74) is 2.54. The number of nitrogens with zero attached hydrogens (tertiary/aromatic N) is 3. The summed E-state index contributed by atoms with van der Waals surface area (Å²) in [5.74, 6) is 1.21. The highest BCUT2D eigenvalue weighted by molar-refractivity contribution is 6.31. The van der Waals surface area contributed by atoms with E-state index in [1.54, 1.807) is 7.11 Å². The number of hydrogen-bond donors (Lipinski definition) is 1. The van der Waals surface area contributed by atoms with Gasteiger partial charge < -0.3 is 10.1 Å². The molecule has 1 aromatic heterocycles. The third-order valence-electron chi connectivity index (χ3n) is 2.81. The van der Waals surface area contributed by atoms with Gasteiger partial charge in [-0.2, -0.15) is 5.10 Å². The fourth-order valence-corrected chi connectivity index (χ4v) is 1.83. The largest absolute Gasteiger partial charge is 0.496 e. The molecule has 0 aliphatic carbocycles. The van der Waals surface area contributed by atoms with Crippen molar-refractivity contribution in [2.75, 3.05) is 12.4 Å². The van der Waals surface area contributed by atoms with Crippen LogP contribution in [0.3, 0.4) is 0 Å². The summed E-state index contributed by atoms with van der Waals surface area (Å²) in [5, 5.41) is 11.7. The monoisotopic (exact) mass is 278 g/mol. The van der Waals surface area contributed by atoms with Crippen LogP contribution in [0, 0.1) is 13.8 Å². The highest BCUT2D eigenvalue weighted by Crippen LogP contribution is 2.26. The molecular formula is C13H15ClN4O. The average molecular weight is 279 g/mol. The Hall–Kier alpha value is -1.88. The predicted octanol–water partition coefficient (Wildman–Crippen LogP) is 2.76. The number of methoxy groups -OCH3 is 1. The number of rotatable bonds is 4. The molecule has 2 rings (SSSR count). The number of ether oxygens (including phenoxy) is 1. The highest BCUT2D eigenvalue weighted by Gasteiger charge is 2.08. The molecule has 100 valence electrons. The fraction of sp³-hybridized carbons (Fsp3) is 0.308. The van der Waals surface area contributed by atoms with Crippen molar-refractivity contribution in [2.45, 2.75) is 20.4 Å². The van der Waals surface area contributed by atoms with E-state index in [-0.39, 0.29) is 0 Å². The van der Waals surface area contributed by atoms with E-state index in [4.69, 9.17) is 16.3 Å². The minimum atomic E-state index is 0.477. The number of nitrogens with one attached hydrogen (secondary N) is 1. The van der Waals surface area contributed by atoms with E-state index in [0.717, 1.165) is 22.7 Å². The van der Waals surface area contributed by atoms with Crippen LogP contribution in [-0.2, 0) is 6.54 Å². The Balaban J connectivity index is 2.16. The standard InChI is InChI=1S/C13H15ClN4O/c1-8-9(2)17-18-13(16-8)15-7-10-11(14)5-4-6-12(10)19-3/h4-6H,7H2,1-3H3,(H,15,16,18). The number of aryl methyl sites for hydroxylation is 2. The Morgan fingerprint density at radius 3 is 2.68 bits per heavy atom. The van der Waals surface area contributed by atoms with Crippen molar-refractivity contribution in [3.63, 3.8) is 0 Å². The van der Waals surface area contributed by atoms with Gasteiger partial charge in [0, 0.05) is 17.1 Å². The molecule has 0 amide bonds. The lowest BCUT2D eigenvalue weighted by Crippen LogP contribution is -2.08. The van der Waals surface area contributed by atoms with E-state index in [0.29, 0.717) is 17.5 Å². The van der Waals surface area contributed by atoms with Crippen LogP contribution < -0.4 is 10.1 Å². The smallest absolute Gasteiger partial charge is 0.243 e. The van der Waals surface area contributed by atoms with E-state index in [2.05, 4.69) is 20.5 Å². The SMILES string of the molecule is COc1cccc(Cl)c1CNc1nnc(C)c(C)n1. The maximum Gasteiger partial charge on any atom is 0.243 e. The molecule has 1 N–H and O–H groups in total. The number of halogens is 1. The fourth-order valence-electron chi connectivity index (χ4n) is 1.60. The minimum Gasteiger partial charge on any atom is -0.496 e. The molecule has 0 aliphatic rings. The molecule has 0 fully saturated rings. The summed E-state index contributed by atoms with van der Waals surface area (Å²) in [6.07, 6.45) is 0. The zero-order valence-electron chi connectivity index (χ0n) is 11.1. The lowest BCUT2D eigenvalue weighted by molar-refractivity contribution is 0.410. The van der Waals surface area contributed by atoms with Crippen molar-refractivity contribution in [1.29, 1.82) is 0 Å². The summed E-state index contributed by atoms with van der Waals surface area (Å²) >= 11 is 6.15. The first-order valence-corrected chi connectivity index (χ1v) is 6.22. The molecule has 0 unspecified atom stereocenters. The second kappa shape index (κ2) is 5.84. The quantitative estimate of drug-likeness (QED) is 0.932. The predicted molar refractivity (Wildman–Crippen MR) is 74.6 cm³/mol. The summed E-state index contributed by atoms with van der Waals surface area (Å²) in [7, 11) is 1.61. The molecule has 0 atom stereocenters. The van der Waals surface area contributed by atoms with Crippen LogP contribution in [0.2, 0.25) is 5.02 Å². The van der Waals surface area contributed by atoms with Crippen LogP contribution >= 0.6 is 11.6 Å². The maximum atomic E-state index is 6.15. The normalized spacial score (nSPS) is 10.3. The van der Waals surface area contributed by atoms with E-state index >= 15 is 0 Å². The first-order valence-electron chi connectivity index (χ1n) is 5.85. The maximum absolute atomic E-state index is 6.15. The molecule has 0 saturated heterocycles. The first kappa shape index (κ1) is 13.5. The molecule has 0 radical (unpaired) electrons. The van der Waals surface area contributed by atoms with Crippen LogP contribution in [-0.4, -0.2) is 22.3 Å². The zero-order valence-corrected chi connectivity index (χ0v) is 11.8. The number of benzene rings is 1. The van der Waals surface area contributed by atoms with Gasteiger partial charge >= 0.3 is 0 Å². The van der Waals surface area contributed by atoms with E-state index in [1.807, 2.05) is 32.0 Å². The van der Waals surface area contributed by atoms with Crippen molar-refractivity contribution in [3.05, 3.63) is 40.2 Å². The topological polar surface area (TPSA) is 59.9 Å². The van der Waals surface area contributed by atoms with Crippen molar-refractivity contribution < 1.29 is 4.74 Å².